The summed E-state index contributed by atoms with van der Waals surface area (Å²) >= 11 is 0. The third kappa shape index (κ3) is 7.10. The molecular weight excluding hydrogens is 482 g/mol. The van der Waals surface area contributed by atoms with Gasteiger partial charge in [-0.05, 0) is 71.3 Å². The van der Waals surface area contributed by atoms with Crippen LogP contribution < -0.4 is 25.0 Å². The maximum Gasteiger partial charge on any atom is 0.249 e. The number of hydrogen-bond donors (Lipinski definition) is 2. The summed E-state index contributed by atoms with van der Waals surface area (Å²) in [6, 6.07) is 26.5. The van der Waals surface area contributed by atoms with Gasteiger partial charge in [-0.1, -0.05) is 42.5 Å². The second-order valence-corrected chi connectivity index (χ2v) is 8.31. The van der Waals surface area contributed by atoms with Crippen molar-refractivity contribution in [1.29, 1.82) is 0 Å². The number of carbonyl (C=O) groups excluding carboxylic acids is 2. The van der Waals surface area contributed by atoms with Crippen LogP contribution >= 0.6 is 0 Å². The molecule has 0 bridgehead atoms. The minimum atomic E-state index is -0.535. The van der Waals surface area contributed by atoms with E-state index in [-0.39, 0.29) is 6.42 Å². The minimum Gasteiger partial charge on any atom is -0.497 e. The number of benzene rings is 4. The van der Waals surface area contributed by atoms with Crippen LogP contribution in [0.2, 0.25) is 0 Å². The molecule has 8 nitrogen and oxygen atoms in total. The van der Waals surface area contributed by atoms with E-state index >= 15 is 0 Å². The van der Waals surface area contributed by atoms with Gasteiger partial charge in [-0.15, -0.1) is 0 Å². The molecule has 4 rings (SSSR count). The number of rotatable bonds is 11. The lowest BCUT2D eigenvalue weighted by molar-refractivity contribution is -0.126. The van der Waals surface area contributed by atoms with Gasteiger partial charge in [0.05, 0.1) is 19.9 Å². The number of hydrazone groups is 1. The van der Waals surface area contributed by atoms with Gasteiger partial charge in [0.1, 0.15) is 18.8 Å². The molecule has 38 heavy (non-hydrogen) atoms. The number of fused-ring (bicyclic) bond motifs is 1. The monoisotopic (exact) mass is 511 g/mol. The van der Waals surface area contributed by atoms with Gasteiger partial charge < -0.3 is 19.5 Å². The minimum absolute atomic E-state index is 0.367. The van der Waals surface area contributed by atoms with Gasteiger partial charge in [-0.25, -0.2) is 5.43 Å². The second kappa shape index (κ2) is 12.9. The van der Waals surface area contributed by atoms with Crippen LogP contribution in [0.1, 0.15) is 24.5 Å². The highest BCUT2D eigenvalue weighted by molar-refractivity contribution is 6.03. The zero-order valence-corrected chi connectivity index (χ0v) is 21.3. The highest BCUT2D eigenvalue weighted by Crippen LogP contribution is 2.30. The van der Waals surface area contributed by atoms with Crippen LogP contribution in [0.25, 0.3) is 10.8 Å². The van der Waals surface area contributed by atoms with E-state index in [2.05, 4.69) is 34.0 Å². The van der Waals surface area contributed by atoms with Crippen molar-refractivity contribution < 1.29 is 23.8 Å². The average Bonchev–Trinajstić information content (AvgIpc) is 2.93. The fourth-order valence-electron chi connectivity index (χ4n) is 3.81. The number of anilines is 1. The van der Waals surface area contributed by atoms with E-state index in [1.807, 2.05) is 43.3 Å². The van der Waals surface area contributed by atoms with Crippen LogP contribution in [0.15, 0.2) is 90.0 Å². The molecule has 0 unspecified atom stereocenters. The van der Waals surface area contributed by atoms with Gasteiger partial charge in [-0.2, -0.15) is 5.10 Å². The normalized spacial score (nSPS) is 10.8. The first-order valence-corrected chi connectivity index (χ1v) is 12.2. The van der Waals surface area contributed by atoms with Crippen molar-refractivity contribution in [2.24, 2.45) is 5.10 Å². The van der Waals surface area contributed by atoms with Gasteiger partial charge in [0.25, 0.3) is 0 Å². The van der Waals surface area contributed by atoms with Crippen molar-refractivity contribution in [2.45, 2.75) is 20.0 Å². The Morgan fingerprint density at radius 1 is 0.868 bits per heavy atom. The Balaban J connectivity index is 1.33. The molecule has 4 aromatic carbocycles. The standard InChI is InChI=1S/C30H29N3O5/c1-3-37-28-17-21(11-16-27(28)38-20-23-9-6-8-22-7-4-5-10-26(22)23)19-31-33-30(35)18-29(34)32-24-12-14-25(36-2)15-13-24/h4-17,19H,3,18,20H2,1-2H3,(H,32,34)(H,33,35). The summed E-state index contributed by atoms with van der Waals surface area (Å²) in [5.41, 5.74) is 4.72. The topological polar surface area (TPSA) is 98.2 Å². The van der Waals surface area contributed by atoms with Gasteiger partial charge >= 0.3 is 0 Å². The lowest BCUT2D eigenvalue weighted by Gasteiger charge is -2.13. The first-order chi connectivity index (χ1) is 18.6. The molecular formula is C30H29N3O5. The lowest BCUT2D eigenvalue weighted by atomic mass is 10.1. The molecule has 0 aliphatic heterocycles. The summed E-state index contributed by atoms with van der Waals surface area (Å²) in [5.74, 6) is 0.867. The second-order valence-electron chi connectivity index (χ2n) is 8.31. The first kappa shape index (κ1) is 26.2. The maximum absolute atomic E-state index is 12.1. The largest absolute Gasteiger partial charge is 0.497 e. The molecule has 2 N–H and O–H groups in total. The van der Waals surface area contributed by atoms with E-state index < -0.39 is 11.8 Å². The van der Waals surface area contributed by atoms with Gasteiger partial charge in [0.2, 0.25) is 11.8 Å². The van der Waals surface area contributed by atoms with Gasteiger partial charge in [0.15, 0.2) is 11.5 Å². The van der Waals surface area contributed by atoms with E-state index in [9.17, 15) is 9.59 Å². The van der Waals surface area contributed by atoms with E-state index in [1.165, 1.54) is 6.21 Å². The Bertz CT molecular complexity index is 1430. The number of ether oxygens (including phenoxy) is 3. The zero-order chi connectivity index (χ0) is 26.7. The Hall–Kier alpha value is -4.85. The van der Waals surface area contributed by atoms with E-state index in [0.717, 1.165) is 16.3 Å². The van der Waals surface area contributed by atoms with Crippen LogP contribution in [0.5, 0.6) is 17.2 Å². The summed E-state index contributed by atoms with van der Waals surface area (Å²) in [5, 5.41) is 8.92. The molecule has 0 saturated heterocycles. The number of hydrogen-bond acceptors (Lipinski definition) is 6. The van der Waals surface area contributed by atoms with Crippen LogP contribution in [0.4, 0.5) is 5.69 Å². The van der Waals surface area contributed by atoms with Crippen molar-refractivity contribution in [3.8, 4) is 17.2 Å². The number of nitrogens with zero attached hydrogens (tertiary/aromatic N) is 1. The van der Waals surface area contributed by atoms with Gasteiger partial charge in [-0.3, -0.25) is 9.59 Å². The quantitative estimate of drug-likeness (QED) is 0.162. The summed E-state index contributed by atoms with van der Waals surface area (Å²) in [7, 11) is 1.56. The number of carbonyl (C=O) groups is 2. The highest BCUT2D eigenvalue weighted by atomic mass is 16.5. The van der Waals surface area contributed by atoms with Crippen LogP contribution in [-0.4, -0.2) is 31.7 Å². The van der Waals surface area contributed by atoms with E-state index in [0.29, 0.717) is 41.7 Å². The van der Waals surface area contributed by atoms with Crippen LogP contribution in [-0.2, 0) is 16.2 Å². The Kier molecular flexibility index (Phi) is 8.91. The first-order valence-electron chi connectivity index (χ1n) is 12.2. The molecule has 0 atom stereocenters. The molecule has 0 aromatic heterocycles. The molecule has 0 saturated carbocycles. The summed E-state index contributed by atoms with van der Waals surface area (Å²) in [6.07, 6.45) is 1.12. The summed E-state index contributed by atoms with van der Waals surface area (Å²) < 4.78 is 17.0. The Morgan fingerprint density at radius 2 is 1.66 bits per heavy atom. The molecule has 0 spiro atoms. The summed E-state index contributed by atoms with van der Waals surface area (Å²) in [4.78, 5) is 24.2. The molecule has 0 heterocycles. The molecule has 194 valence electrons. The Morgan fingerprint density at radius 3 is 2.45 bits per heavy atom. The van der Waals surface area contributed by atoms with Crippen LogP contribution in [0, 0.1) is 0 Å². The van der Waals surface area contributed by atoms with Gasteiger partial charge in [0, 0.05) is 5.69 Å². The third-order valence-corrected chi connectivity index (χ3v) is 5.63. The number of nitrogens with one attached hydrogen (secondary N) is 2. The van der Waals surface area contributed by atoms with Crippen molar-refractivity contribution >= 4 is 34.5 Å². The fraction of sp³-hybridized carbons (Fsp3) is 0.167. The smallest absolute Gasteiger partial charge is 0.249 e. The SMILES string of the molecule is CCOc1cc(C=NNC(=O)CC(=O)Nc2ccc(OC)cc2)ccc1OCc1cccc2ccccc12. The number of methoxy groups -OCH3 is 1. The predicted molar refractivity (Wildman–Crippen MR) is 148 cm³/mol. The zero-order valence-electron chi connectivity index (χ0n) is 21.3. The predicted octanol–water partition coefficient (Wildman–Crippen LogP) is 5.31. The molecule has 4 aromatic rings. The van der Waals surface area contributed by atoms with Crippen molar-refractivity contribution in [3.05, 3.63) is 96.1 Å². The van der Waals surface area contributed by atoms with E-state index in [1.54, 1.807) is 37.4 Å². The number of amides is 2. The molecule has 0 aliphatic carbocycles. The third-order valence-electron chi connectivity index (χ3n) is 5.63. The molecule has 0 radical (unpaired) electrons. The molecule has 8 heteroatoms. The lowest BCUT2D eigenvalue weighted by Crippen LogP contribution is -2.24. The molecule has 0 aliphatic rings. The fourth-order valence-corrected chi connectivity index (χ4v) is 3.81. The highest BCUT2D eigenvalue weighted by Gasteiger charge is 2.10. The molecule has 0 fully saturated rings. The van der Waals surface area contributed by atoms with Crippen molar-refractivity contribution in [3.63, 3.8) is 0 Å². The van der Waals surface area contributed by atoms with E-state index in [4.69, 9.17) is 14.2 Å². The summed E-state index contributed by atoms with van der Waals surface area (Å²) in [6.45, 7) is 2.75. The molecule has 2 amide bonds. The van der Waals surface area contributed by atoms with Crippen molar-refractivity contribution in [1.82, 2.24) is 5.43 Å². The average molecular weight is 512 g/mol. The van der Waals surface area contributed by atoms with Crippen molar-refractivity contribution in [2.75, 3.05) is 19.0 Å². The maximum atomic E-state index is 12.1. The Labute approximate surface area is 221 Å². The van der Waals surface area contributed by atoms with Crippen LogP contribution in [0.3, 0.4) is 0 Å².